The first-order chi connectivity index (χ1) is 15.4. The van der Waals surface area contributed by atoms with E-state index in [4.69, 9.17) is 16.6 Å². The lowest BCUT2D eigenvalue weighted by molar-refractivity contribution is -0.384. The molecule has 0 N–H and O–H groups in total. The van der Waals surface area contributed by atoms with Crippen LogP contribution < -0.4 is 0 Å². The Kier molecular flexibility index (Phi) is 6.39. The number of hydrogen-bond acceptors (Lipinski definition) is 5. The van der Waals surface area contributed by atoms with Gasteiger partial charge in [0.2, 0.25) is 0 Å². The number of nitro groups is 1. The predicted molar refractivity (Wildman–Crippen MR) is 129 cm³/mol. The summed E-state index contributed by atoms with van der Waals surface area (Å²) in [4.78, 5) is 30.9. The fourth-order valence-electron chi connectivity index (χ4n) is 3.31. The van der Waals surface area contributed by atoms with Crippen LogP contribution in [0.1, 0.15) is 24.1 Å². The summed E-state index contributed by atoms with van der Waals surface area (Å²) in [5.41, 5.74) is 2.02. The van der Waals surface area contributed by atoms with Gasteiger partial charge in [-0.25, -0.2) is 4.99 Å². The molecule has 0 spiro atoms. The third-order valence-corrected chi connectivity index (χ3v) is 6.25. The Morgan fingerprint density at radius 3 is 2.38 bits per heavy atom. The first kappa shape index (κ1) is 21.8. The molecule has 0 saturated carbocycles. The van der Waals surface area contributed by atoms with E-state index in [1.165, 1.54) is 23.9 Å². The van der Waals surface area contributed by atoms with E-state index in [9.17, 15) is 14.9 Å². The summed E-state index contributed by atoms with van der Waals surface area (Å²) in [5.74, 6) is -0.210. The molecule has 3 aromatic rings. The van der Waals surface area contributed by atoms with Gasteiger partial charge in [-0.15, -0.1) is 0 Å². The van der Waals surface area contributed by atoms with E-state index in [0.29, 0.717) is 15.6 Å². The first-order valence-corrected chi connectivity index (χ1v) is 11.0. The van der Waals surface area contributed by atoms with Crippen molar-refractivity contribution < 1.29 is 9.72 Å². The normalized spacial score (nSPS) is 17.2. The predicted octanol–water partition coefficient (Wildman–Crippen LogP) is 6.61. The zero-order chi connectivity index (χ0) is 22.7. The van der Waals surface area contributed by atoms with Crippen LogP contribution in [-0.2, 0) is 4.79 Å². The van der Waals surface area contributed by atoms with Crippen molar-refractivity contribution in [1.29, 1.82) is 0 Å². The van der Waals surface area contributed by atoms with E-state index in [0.717, 1.165) is 11.3 Å². The molecule has 3 aromatic carbocycles. The molecule has 4 rings (SSSR count). The van der Waals surface area contributed by atoms with Gasteiger partial charge in [-0.2, -0.15) is 0 Å². The molecular weight excluding hydrogens is 446 g/mol. The molecule has 32 heavy (non-hydrogen) atoms. The Balaban J connectivity index is 1.75. The summed E-state index contributed by atoms with van der Waals surface area (Å²) < 4.78 is 0. The lowest BCUT2D eigenvalue weighted by atomic mass is 10.1. The lowest BCUT2D eigenvalue weighted by Crippen LogP contribution is -2.32. The van der Waals surface area contributed by atoms with Crippen LogP contribution in [0.3, 0.4) is 0 Å². The van der Waals surface area contributed by atoms with E-state index >= 15 is 0 Å². The molecule has 1 fully saturated rings. The van der Waals surface area contributed by atoms with Crippen LogP contribution in [0, 0.1) is 10.1 Å². The van der Waals surface area contributed by atoms with Gasteiger partial charge in [-0.3, -0.25) is 19.8 Å². The quantitative estimate of drug-likeness (QED) is 0.242. The molecule has 0 unspecified atom stereocenters. The molecule has 6 nitrogen and oxygen atoms in total. The second kappa shape index (κ2) is 9.38. The van der Waals surface area contributed by atoms with Crippen molar-refractivity contribution in [3.8, 4) is 0 Å². The van der Waals surface area contributed by atoms with Crippen molar-refractivity contribution in [3.05, 3.63) is 110 Å². The van der Waals surface area contributed by atoms with E-state index in [1.54, 1.807) is 17.0 Å². The van der Waals surface area contributed by atoms with Gasteiger partial charge in [0.05, 0.1) is 21.6 Å². The van der Waals surface area contributed by atoms with Crippen LogP contribution in [0.5, 0.6) is 0 Å². The molecule has 1 aliphatic heterocycles. The zero-order valence-electron chi connectivity index (χ0n) is 17.0. The van der Waals surface area contributed by atoms with Gasteiger partial charge in [0.25, 0.3) is 11.6 Å². The number of benzene rings is 3. The van der Waals surface area contributed by atoms with Crippen LogP contribution in [-0.4, -0.2) is 20.9 Å². The average molecular weight is 464 g/mol. The average Bonchev–Trinajstić information content (AvgIpc) is 3.10. The molecule has 0 aliphatic carbocycles. The minimum atomic E-state index is -0.542. The van der Waals surface area contributed by atoms with Gasteiger partial charge in [0.15, 0.2) is 5.17 Å². The number of nitro benzene ring substituents is 1. The number of carbonyl (C=O) groups is 1. The highest BCUT2D eigenvalue weighted by Gasteiger charge is 2.37. The molecule has 0 aromatic heterocycles. The Labute approximate surface area is 194 Å². The lowest BCUT2D eigenvalue weighted by Gasteiger charge is -2.24. The molecule has 0 radical (unpaired) electrons. The minimum Gasteiger partial charge on any atom is -0.279 e. The second-order valence-corrected chi connectivity index (χ2v) is 8.49. The summed E-state index contributed by atoms with van der Waals surface area (Å²) in [6.45, 7) is 1.95. The van der Waals surface area contributed by atoms with Crippen LogP contribution in [0.15, 0.2) is 88.8 Å². The highest BCUT2D eigenvalue weighted by atomic mass is 35.5. The number of nitrogens with zero attached hydrogens (tertiary/aromatic N) is 3. The molecular formula is C24H18ClN3O3S. The van der Waals surface area contributed by atoms with E-state index in [-0.39, 0.29) is 22.7 Å². The number of halogens is 1. The van der Waals surface area contributed by atoms with Crippen molar-refractivity contribution in [2.24, 2.45) is 4.99 Å². The molecule has 0 bridgehead atoms. The largest absolute Gasteiger partial charge is 0.288 e. The maximum Gasteiger partial charge on any atom is 0.288 e. The van der Waals surface area contributed by atoms with Gasteiger partial charge in [0, 0.05) is 6.07 Å². The van der Waals surface area contributed by atoms with E-state index < -0.39 is 4.92 Å². The Morgan fingerprint density at radius 2 is 1.72 bits per heavy atom. The fraction of sp³-hybridized carbons (Fsp3) is 0.0833. The molecule has 1 aliphatic rings. The standard InChI is InChI=1S/C24H18ClN3O3S/c1-16(18-8-4-2-5-9-18)27-23(29)22(32-24(27)26-19-10-6-3-7-11-19)15-17-12-13-20(25)21(14-17)28(30)31/h2-16H,1H3/b22-15+,26-24?/t16-/m1/s1. The molecule has 1 atom stereocenters. The molecule has 1 saturated heterocycles. The summed E-state index contributed by atoms with van der Waals surface area (Å²) in [7, 11) is 0. The minimum absolute atomic E-state index is 0.0493. The van der Waals surface area contributed by atoms with Crippen molar-refractivity contribution in [2.45, 2.75) is 13.0 Å². The van der Waals surface area contributed by atoms with E-state index in [2.05, 4.69) is 0 Å². The number of aliphatic imine (C=N–C) groups is 1. The molecule has 1 amide bonds. The number of rotatable bonds is 5. The Morgan fingerprint density at radius 1 is 1.06 bits per heavy atom. The number of thioether (sulfide) groups is 1. The molecule has 1 heterocycles. The van der Waals surface area contributed by atoms with Crippen molar-refractivity contribution in [3.63, 3.8) is 0 Å². The number of carbonyl (C=O) groups excluding carboxylic acids is 1. The molecule has 8 heteroatoms. The summed E-state index contributed by atoms with van der Waals surface area (Å²) in [6.07, 6.45) is 1.63. The maximum absolute atomic E-state index is 13.4. The fourth-order valence-corrected chi connectivity index (χ4v) is 4.56. The van der Waals surface area contributed by atoms with Crippen LogP contribution >= 0.6 is 23.4 Å². The number of amidine groups is 1. The van der Waals surface area contributed by atoms with Crippen LogP contribution in [0.2, 0.25) is 5.02 Å². The third kappa shape index (κ3) is 4.59. The maximum atomic E-state index is 13.4. The summed E-state index contributed by atoms with van der Waals surface area (Å²) >= 11 is 7.16. The summed E-state index contributed by atoms with van der Waals surface area (Å²) in [5, 5.41) is 11.8. The van der Waals surface area contributed by atoms with Gasteiger partial charge >= 0.3 is 0 Å². The van der Waals surface area contributed by atoms with Crippen LogP contribution in [0.25, 0.3) is 6.08 Å². The first-order valence-electron chi connectivity index (χ1n) is 9.80. The SMILES string of the molecule is C[C@H](c1ccccc1)N1C(=O)/C(=C\c2ccc(Cl)c([N+](=O)[O-])c2)SC1=Nc1ccccc1. The highest BCUT2D eigenvalue weighted by molar-refractivity contribution is 8.18. The third-order valence-electron chi connectivity index (χ3n) is 4.95. The Bertz CT molecular complexity index is 1230. The zero-order valence-corrected chi connectivity index (χ0v) is 18.6. The van der Waals surface area contributed by atoms with Crippen molar-refractivity contribution >= 4 is 51.9 Å². The van der Waals surface area contributed by atoms with Crippen molar-refractivity contribution in [2.75, 3.05) is 0 Å². The van der Waals surface area contributed by atoms with Gasteiger partial charge in [-0.05, 0) is 54.1 Å². The monoisotopic (exact) mass is 463 g/mol. The molecule has 160 valence electrons. The van der Waals surface area contributed by atoms with Crippen molar-refractivity contribution in [1.82, 2.24) is 4.90 Å². The van der Waals surface area contributed by atoms with E-state index in [1.807, 2.05) is 67.6 Å². The number of para-hydroxylation sites is 1. The second-order valence-electron chi connectivity index (χ2n) is 7.07. The summed E-state index contributed by atoms with van der Waals surface area (Å²) in [6, 6.07) is 23.3. The highest BCUT2D eigenvalue weighted by Crippen LogP contribution is 2.39. The van der Waals surface area contributed by atoms with Crippen LogP contribution in [0.4, 0.5) is 11.4 Å². The number of amides is 1. The smallest absolute Gasteiger partial charge is 0.279 e. The van der Waals surface area contributed by atoms with Gasteiger partial charge in [-0.1, -0.05) is 66.2 Å². The Hall–Kier alpha value is -3.42. The van der Waals surface area contributed by atoms with Gasteiger partial charge < -0.3 is 0 Å². The topological polar surface area (TPSA) is 75.8 Å². The number of hydrogen-bond donors (Lipinski definition) is 0. The van der Waals surface area contributed by atoms with Gasteiger partial charge in [0.1, 0.15) is 5.02 Å².